The summed E-state index contributed by atoms with van der Waals surface area (Å²) in [6.45, 7) is 1.83. The Kier molecular flexibility index (Phi) is 7.28. The molecule has 0 aromatic heterocycles. The van der Waals surface area contributed by atoms with Crippen molar-refractivity contribution in [1.29, 1.82) is 0 Å². The van der Waals surface area contributed by atoms with E-state index in [1.54, 1.807) is 38.3 Å². The molecule has 0 heterocycles. The average molecular weight is 425 g/mol. The molecule has 1 aliphatic carbocycles. The fourth-order valence-corrected chi connectivity index (χ4v) is 3.84. The van der Waals surface area contributed by atoms with Crippen LogP contribution in [0.4, 0.5) is 5.69 Å². The van der Waals surface area contributed by atoms with E-state index < -0.39 is 23.4 Å². The van der Waals surface area contributed by atoms with Crippen molar-refractivity contribution in [3.05, 3.63) is 60.2 Å². The maximum absolute atomic E-state index is 13.3. The smallest absolute Gasteiger partial charge is 0.330 e. The van der Waals surface area contributed by atoms with Gasteiger partial charge in [-0.15, -0.1) is 0 Å². The van der Waals surface area contributed by atoms with Crippen molar-refractivity contribution in [1.82, 2.24) is 0 Å². The second kappa shape index (κ2) is 10.1. The molecule has 2 aromatic carbocycles. The highest BCUT2D eigenvalue weighted by atomic mass is 16.5. The van der Waals surface area contributed by atoms with Gasteiger partial charge in [-0.3, -0.25) is 9.59 Å². The van der Waals surface area contributed by atoms with Gasteiger partial charge in [-0.2, -0.15) is 0 Å². The maximum Gasteiger partial charge on any atom is 0.330 e. The van der Waals surface area contributed by atoms with E-state index in [0.717, 1.165) is 5.56 Å². The summed E-state index contributed by atoms with van der Waals surface area (Å²) in [7, 11) is 1.55. The summed E-state index contributed by atoms with van der Waals surface area (Å²) in [6, 6.07) is 14.9. The second-order valence-corrected chi connectivity index (χ2v) is 7.37. The number of carbonyl (C=O) groups is 3. The van der Waals surface area contributed by atoms with Crippen molar-refractivity contribution in [3.8, 4) is 5.75 Å². The van der Waals surface area contributed by atoms with Gasteiger partial charge in [-0.05, 0) is 49.6 Å². The summed E-state index contributed by atoms with van der Waals surface area (Å²) in [5.41, 5.74) is -0.276. The SMILES string of the molecule is CCOC(=O)[C@H](Nc1ccc(OC)cc1)[C@]1(C(=O)OCc2ccccc2)CCCC1=O. The van der Waals surface area contributed by atoms with Crippen molar-refractivity contribution >= 4 is 23.4 Å². The van der Waals surface area contributed by atoms with Crippen LogP contribution in [0.1, 0.15) is 31.7 Å². The standard InChI is InChI=1S/C24H27NO6/c1-3-30-22(27)21(25-18-11-13-19(29-2)14-12-18)24(15-7-10-20(24)26)23(28)31-16-17-8-5-4-6-9-17/h4-6,8-9,11-14,21,25H,3,7,10,15-16H2,1-2H3/t21-,24-/m0/s1. The first-order valence-electron chi connectivity index (χ1n) is 10.3. The molecule has 1 fully saturated rings. The van der Waals surface area contributed by atoms with Gasteiger partial charge in [0.25, 0.3) is 0 Å². The monoisotopic (exact) mass is 425 g/mol. The number of Topliss-reactive ketones (excluding diaryl/α,β-unsaturated/α-hetero) is 1. The fourth-order valence-electron chi connectivity index (χ4n) is 3.84. The quantitative estimate of drug-likeness (QED) is 0.485. The molecule has 1 saturated carbocycles. The molecule has 0 radical (unpaired) electrons. The first-order chi connectivity index (χ1) is 15.0. The number of ketones is 1. The van der Waals surface area contributed by atoms with Gasteiger partial charge < -0.3 is 19.5 Å². The molecule has 3 rings (SSSR count). The Balaban J connectivity index is 1.90. The van der Waals surface area contributed by atoms with Crippen molar-refractivity contribution in [2.24, 2.45) is 5.41 Å². The van der Waals surface area contributed by atoms with Crippen molar-refractivity contribution < 1.29 is 28.6 Å². The zero-order chi connectivity index (χ0) is 22.3. The lowest BCUT2D eigenvalue weighted by molar-refractivity contribution is -0.167. The number of hydrogen-bond donors (Lipinski definition) is 1. The average Bonchev–Trinajstić information content (AvgIpc) is 3.19. The van der Waals surface area contributed by atoms with E-state index >= 15 is 0 Å². The molecule has 0 spiro atoms. The lowest BCUT2D eigenvalue weighted by Crippen LogP contribution is -2.54. The third-order valence-electron chi connectivity index (χ3n) is 5.47. The first kappa shape index (κ1) is 22.3. The predicted octanol–water partition coefficient (Wildman–Crippen LogP) is 3.52. The van der Waals surface area contributed by atoms with Gasteiger partial charge in [0.2, 0.25) is 0 Å². The van der Waals surface area contributed by atoms with E-state index in [1.165, 1.54) is 0 Å². The fraction of sp³-hybridized carbons (Fsp3) is 0.375. The molecule has 7 nitrogen and oxygen atoms in total. The van der Waals surface area contributed by atoms with Crippen LogP contribution in [0.5, 0.6) is 5.75 Å². The molecule has 0 unspecified atom stereocenters. The van der Waals surface area contributed by atoms with Gasteiger partial charge >= 0.3 is 11.9 Å². The number of nitrogens with one attached hydrogen (secondary N) is 1. The van der Waals surface area contributed by atoms with Gasteiger partial charge in [-0.1, -0.05) is 30.3 Å². The third kappa shape index (κ3) is 4.87. The van der Waals surface area contributed by atoms with Crippen LogP contribution in [0, 0.1) is 5.41 Å². The minimum Gasteiger partial charge on any atom is -0.497 e. The van der Waals surface area contributed by atoms with Gasteiger partial charge in [0.15, 0.2) is 11.2 Å². The molecule has 1 aliphatic rings. The molecule has 31 heavy (non-hydrogen) atoms. The van der Waals surface area contributed by atoms with E-state index in [2.05, 4.69) is 5.32 Å². The number of benzene rings is 2. The Morgan fingerprint density at radius 1 is 1.06 bits per heavy atom. The summed E-state index contributed by atoms with van der Waals surface area (Å²) in [5.74, 6) is -1.04. The number of rotatable bonds is 9. The minimum atomic E-state index is -1.64. The molecule has 2 aromatic rings. The zero-order valence-corrected chi connectivity index (χ0v) is 17.8. The summed E-state index contributed by atoms with van der Waals surface area (Å²) in [5, 5.41) is 3.06. The van der Waals surface area contributed by atoms with Crippen LogP contribution < -0.4 is 10.1 Å². The molecular weight excluding hydrogens is 398 g/mol. The van der Waals surface area contributed by atoms with Crippen LogP contribution in [-0.4, -0.2) is 37.5 Å². The molecule has 0 saturated heterocycles. The van der Waals surface area contributed by atoms with Gasteiger partial charge in [0.1, 0.15) is 18.4 Å². The Bertz CT molecular complexity index is 911. The zero-order valence-electron chi connectivity index (χ0n) is 17.8. The van der Waals surface area contributed by atoms with Crippen LogP contribution in [0.25, 0.3) is 0 Å². The molecule has 164 valence electrons. The van der Waals surface area contributed by atoms with E-state index in [-0.39, 0.29) is 31.8 Å². The number of esters is 2. The largest absolute Gasteiger partial charge is 0.497 e. The van der Waals surface area contributed by atoms with Crippen LogP contribution in [0.15, 0.2) is 54.6 Å². The number of anilines is 1. The van der Waals surface area contributed by atoms with E-state index in [1.807, 2.05) is 30.3 Å². The molecule has 0 aliphatic heterocycles. The molecule has 1 N–H and O–H groups in total. The molecular formula is C24H27NO6. The van der Waals surface area contributed by atoms with E-state index in [0.29, 0.717) is 17.9 Å². The predicted molar refractivity (Wildman–Crippen MR) is 115 cm³/mol. The van der Waals surface area contributed by atoms with Crippen LogP contribution in [0.2, 0.25) is 0 Å². The summed E-state index contributed by atoms with van der Waals surface area (Å²) in [6.07, 6.45) is 0.923. The number of ether oxygens (including phenoxy) is 3. The van der Waals surface area contributed by atoms with Crippen LogP contribution in [-0.2, 0) is 30.5 Å². The third-order valence-corrected chi connectivity index (χ3v) is 5.47. The highest BCUT2D eigenvalue weighted by Crippen LogP contribution is 2.41. The number of methoxy groups -OCH3 is 1. The van der Waals surface area contributed by atoms with Gasteiger partial charge in [0, 0.05) is 12.1 Å². The van der Waals surface area contributed by atoms with Gasteiger partial charge in [0.05, 0.1) is 13.7 Å². The second-order valence-electron chi connectivity index (χ2n) is 7.37. The first-order valence-corrected chi connectivity index (χ1v) is 10.3. The van der Waals surface area contributed by atoms with E-state index in [4.69, 9.17) is 14.2 Å². The van der Waals surface area contributed by atoms with E-state index in [9.17, 15) is 14.4 Å². The lowest BCUT2D eigenvalue weighted by atomic mass is 9.77. The topological polar surface area (TPSA) is 90.9 Å². The van der Waals surface area contributed by atoms with Crippen LogP contribution >= 0.6 is 0 Å². The van der Waals surface area contributed by atoms with Crippen LogP contribution in [0.3, 0.4) is 0 Å². The molecule has 2 atom stereocenters. The highest BCUT2D eigenvalue weighted by Gasteiger charge is 2.59. The van der Waals surface area contributed by atoms with Crippen molar-refractivity contribution in [3.63, 3.8) is 0 Å². The summed E-state index contributed by atoms with van der Waals surface area (Å²) >= 11 is 0. The Hall–Kier alpha value is -3.35. The summed E-state index contributed by atoms with van der Waals surface area (Å²) in [4.78, 5) is 39.2. The molecule has 0 amide bonds. The Morgan fingerprint density at radius 3 is 2.35 bits per heavy atom. The highest BCUT2D eigenvalue weighted by molar-refractivity contribution is 6.10. The molecule has 0 bridgehead atoms. The summed E-state index contributed by atoms with van der Waals surface area (Å²) < 4.78 is 15.9. The Morgan fingerprint density at radius 2 is 1.77 bits per heavy atom. The molecule has 7 heteroatoms. The van der Waals surface area contributed by atoms with Gasteiger partial charge in [-0.25, -0.2) is 4.79 Å². The minimum absolute atomic E-state index is 0.0206. The normalized spacial score (nSPS) is 18.8. The van der Waals surface area contributed by atoms with Crippen molar-refractivity contribution in [2.45, 2.75) is 38.8 Å². The lowest BCUT2D eigenvalue weighted by Gasteiger charge is -2.33. The number of carbonyl (C=O) groups excluding carboxylic acids is 3. The Labute approximate surface area is 181 Å². The van der Waals surface area contributed by atoms with Crippen molar-refractivity contribution in [2.75, 3.05) is 19.0 Å². The number of hydrogen-bond acceptors (Lipinski definition) is 7. The maximum atomic E-state index is 13.3.